The molecule has 1 aromatic heterocycles. The van der Waals surface area contributed by atoms with Crippen molar-refractivity contribution in [3.05, 3.63) is 29.6 Å². The van der Waals surface area contributed by atoms with Gasteiger partial charge in [0.1, 0.15) is 17.9 Å². The molecular weight excluding hydrogens is 301 g/mol. The second kappa shape index (κ2) is 6.33. The van der Waals surface area contributed by atoms with Gasteiger partial charge in [0.2, 0.25) is 0 Å². The molecule has 22 heavy (non-hydrogen) atoms. The molecule has 0 aromatic carbocycles. The van der Waals surface area contributed by atoms with E-state index in [4.69, 9.17) is 4.74 Å². The fourth-order valence-corrected chi connectivity index (χ4v) is 1.55. The number of alkyl halides is 3. The van der Waals surface area contributed by atoms with Crippen molar-refractivity contribution < 1.29 is 27.5 Å². The Kier molecular flexibility index (Phi) is 5.16. The highest BCUT2D eigenvalue weighted by Gasteiger charge is 2.32. The zero-order valence-electron chi connectivity index (χ0n) is 12.6. The highest BCUT2D eigenvalue weighted by atomic mass is 19.4. The van der Waals surface area contributed by atoms with Gasteiger partial charge in [0, 0.05) is 13.2 Å². The van der Waals surface area contributed by atoms with Crippen LogP contribution in [0.4, 0.5) is 18.0 Å². The van der Waals surface area contributed by atoms with E-state index < -0.39 is 29.5 Å². The van der Waals surface area contributed by atoms with Crippen LogP contribution < -0.4 is 0 Å². The Labute approximate surface area is 126 Å². The normalized spacial score (nSPS) is 13.4. The summed E-state index contributed by atoms with van der Waals surface area (Å²) in [4.78, 5) is 27.7. The Balaban J connectivity index is 2.96. The molecule has 0 spiro atoms. The van der Waals surface area contributed by atoms with Crippen molar-refractivity contribution in [2.24, 2.45) is 0 Å². The molecule has 0 fully saturated rings. The number of aldehydes is 1. The van der Waals surface area contributed by atoms with E-state index >= 15 is 0 Å². The summed E-state index contributed by atoms with van der Waals surface area (Å²) in [5.41, 5.74) is -1.66. The van der Waals surface area contributed by atoms with E-state index in [9.17, 15) is 22.8 Å². The Morgan fingerprint density at radius 3 is 2.27 bits per heavy atom. The van der Waals surface area contributed by atoms with Crippen molar-refractivity contribution in [2.45, 2.75) is 38.6 Å². The Hall–Kier alpha value is -2.12. The first-order chi connectivity index (χ1) is 9.95. The van der Waals surface area contributed by atoms with Gasteiger partial charge in [0.05, 0.1) is 11.3 Å². The molecule has 0 aliphatic carbocycles. The van der Waals surface area contributed by atoms with Crippen molar-refractivity contribution in [3.63, 3.8) is 0 Å². The largest absolute Gasteiger partial charge is 0.444 e. The number of carbonyl (C=O) groups is 2. The lowest BCUT2D eigenvalue weighted by Crippen LogP contribution is -2.37. The Bertz CT molecular complexity index is 536. The lowest BCUT2D eigenvalue weighted by Gasteiger charge is -2.27. The van der Waals surface area contributed by atoms with E-state index in [1.807, 2.05) is 0 Å². The summed E-state index contributed by atoms with van der Waals surface area (Å²) in [5, 5.41) is 0. The molecule has 5 nitrogen and oxygen atoms in total. The minimum Gasteiger partial charge on any atom is -0.444 e. The van der Waals surface area contributed by atoms with Gasteiger partial charge in [0.25, 0.3) is 0 Å². The van der Waals surface area contributed by atoms with Crippen molar-refractivity contribution in [2.75, 3.05) is 7.05 Å². The summed E-state index contributed by atoms with van der Waals surface area (Å²) in [5.74, 6) is 0. The first-order valence-corrected chi connectivity index (χ1v) is 6.40. The molecule has 1 heterocycles. The van der Waals surface area contributed by atoms with E-state index in [2.05, 4.69) is 4.98 Å². The van der Waals surface area contributed by atoms with Gasteiger partial charge in [-0.1, -0.05) is 0 Å². The molecule has 8 heteroatoms. The van der Waals surface area contributed by atoms with Gasteiger partial charge >= 0.3 is 12.3 Å². The van der Waals surface area contributed by atoms with E-state index in [1.165, 1.54) is 7.05 Å². The monoisotopic (exact) mass is 318 g/mol. The van der Waals surface area contributed by atoms with Crippen molar-refractivity contribution >= 4 is 12.4 Å². The van der Waals surface area contributed by atoms with Gasteiger partial charge in [-0.15, -0.1) is 0 Å². The molecule has 1 aromatic rings. The number of ether oxygens (including phenoxy) is 1. The number of hydrogen-bond acceptors (Lipinski definition) is 4. The smallest absolute Gasteiger partial charge is 0.417 e. The lowest BCUT2D eigenvalue weighted by atomic mass is 10.1. The van der Waals surface area contributed by atoms with Crippen LogP contribution in [0, 0.1) is 0 Å². The van der Waals surface area contributed by atoms with Crippen LogP contribution in [0.5, 0.6) is 0 Å². The first kappa shape index (κ1) is 17.9. The minimum atomic E-state index is -4.51. The average Bonchev–Trinajstić information content (AvgIpc) is 2.37. The zero-order valence-corrected chi connectivity index (χ0v) is 12.6. The van der Waals surface area contributed by atoms with Gasteiger partial charge in [-0.3, -0.25) is 9.88 Å². The fraction of sp³-hybridized carbons (Fsp3) is 0.500. The minimum absolute atomic E-state index is 0.0244. The maximum atomic E-state index is 12.5. The number of nitrogens with zero attached hydrogens (tertiary/aromatic N) is 2. The molecule has 1 atom stereocenters. The summed E-state index contributed by atoms with van der Waals surface area (Å²) in [7, 11) is 1.31. The quantitative estimate of drug-likeness (QED) is 0.803. The maximum Gasteiger partial charge on any atom is 0.417 e. The van der Waals surface area contributed by atoms with Crippen LogP contribution in [-0.2, 0) is 15.7 Å². The van der Waals surface area contributed by atoms with Gasteiger partial charge in [-0.2, -0.15) is 13.2 Å². The third kappa shape index (κ3) is 4.71. The SMILES string of the molecule is CN(C(=O)OC(C)(C)C)C(C=O)c1ccc(C(F)(F)F)cn1. The second-order valence-electron chi connectivity index (χ2n) is 5.64. The number of rotatable bonds is 3. The van der Waals surface area contributed by atoms with E-state index in [0.29, 0.717) is 12.5 Å². The molecule has 0 N–H and O–H groups in total. The predicted octanol–water partition coefficient (Wildman–Crippen LogP) is 3.21. The standard InChI is InChI=1S/C14H17F3N2O3/c1-13(2,3)22-12(21)19(4)11(8-20)10-6-5-9(7-18-10)14(15,16)17/h5-8,11H,1-4H3. The summed E-state index contributed by atoms with van der Waals surface area (Å²) in [6.45, 7) is 4.97. The molecule has 0 aliphatic heterocycles. The Morgan fingerprint density at radius 1 is 1.32 bits per heavy atom. The molecule has 0 bridgehead atoms. The van der Waals surface area contributed by atoms with Crippen LogP contribution >= 0.6 is 0 Å². The third-order valence-corrected chi connectivity index (χ3v) is 2.64. The molecule has 1 unspecified atom stereocenters. The van der Waals surface area contributed by atoms with Crippen LogP contribution in [-0.4, -0.2) is 34.9 Å². The summed E-state index contributed by atoms with van der Waals surface area (Å²) >= 11 is 0. The van der Waals surface area contributed by atoms with Crippen molar-refractivity contribution in [1.82, 2.24) is 9.88 Å². The number of amides is 1. The van der Waals surface area contributed by atoms with Crippen LogP contribution in [0.3, 0.4) is 0 Å². The summed E-state index contributed by atoms with van der Waals surface area (Å²) in [6.07, 6.45) is -4.25. The highest BCUT2D eigenvalue weighted by molar-refractivity contribution is 5.74. The number of likely N-dealkylation sites (N-methyl/N-ethyl adjacent to an activating group) is 1. The number of pyridine rings is 1. The lowest BCUT2D eigenvalue weighted by molar-refractivity contribution is -0.137. The molecule has 122 valence electrons. The van der Waals surface area contributed by atoms with Crippen molar-refractivity contribution in [1.29, 1.82) is 0 Å². The van der Waals surface area contributed by atoms with Gasteiger partial charge in [-0.05, 0) is 32.9 Å². The number of halogens is 3. The van der Waals surface area contributed by atoms with E-state index in [1.54, 1.807) is 20.8 Å². The number of aromatic nitrogens is 1. The predicted molar refractivity (Wildman–Crippen MR) is 72.0 cm³/mol. The van der Waals surface area contributed by atoms with Crippen LogP contribution in [0.2, 0.25) is 0 Å². The molecule has 0 aliphatic rings. The molecular formula is C14H17F3N2O3. The van der Waals surface area contributed by atoms with Gasteiger partial charge in [-0.25, -0.2) is 4.79 Å². The van der Waals surface area contributed by atoms with Crippen LogP contribution in [0.15, 0.2) is 18.3 Å². The molecule has 0 saturated carbocycles. The zero-order chi connectivity index (χ0) is 17.1. The summed E-state index contributed by atoms with van der Waals surface area (Å²) < 4.78 is 42.5. The van der Waals surface area contributed by atoms with Crippen molar-refractivity contribution in [3.8, 4) is 0 Å². The number of carbonyl (C=O) groups excluding carboxylic acids is 2. The summed E-state index contributed by atoms with van der Waals surface area (Å²) in [6, 6.07) is 0.738. The van der Waals surface area contributed by atoms with Crippen LogP contribution in [0.1, 0.15) is 38.1 Å². The van der Waals surface area contributed by atoms with E-state index in [-0.39, 0.29) is 5.69 Å². The second-order valence-corrected chi connectivity index (χ2v) is 5.64. The van der Waals surface area contributed by atoms with Crippen LogP contribution in [0.25, 0.3) is 0 Å². The first-order valence-electron chi connectivity index (χ1n) is 6.40. The molecule has 0 saturated heterocycles. The Morgan fingerprint density at radius 2 is 1.91 bits per heavy atom. The third-order valence-electron chi connectivity index (χ3n) is 2.64. The topological polar surface area (TPSA) is 59.5 Å². The molecule has 1 rings (SSSR count). The van der Waals surface area contributed by atoms with Gasteiger partial charge in [0.15, 0.2) is 0 Å². The van der Waals surface area contributed by atoms with E-state index in [0.717, 1.165) is 17.0 Å². The molecule has 0 radical (unpaired) electrons. The fourth-order valence-electron chi connectivity index (χ4n) is 1.55. The maximum absolute atomic E-state index is 12.5. The number of hydrogen-bond donors (Lipinski definition) is 0. The average molecular weight is 318 g/mol. The van der Waals surface area contributed by atoms with Gasteiger partial charge < -0.3 is 9.53 Å². The highest BCUT2D eigenvalue weighted by Crippen LogP contribution is 2.29. The molecule has 1 amide bonds.